The van der Waals surface area contributed by atoms with Gasteiger partial charge in [-0.05, 0) is 55.9 Å². The minimum atomic E-state index is -0.882. The lowest BCUT2D eigenvalue weighted by Gasteiger charge is -2.30. The SMILES string of the molecule is CCCCN(CCCC[N+](C)(C)C)C(=O)CN1CC(c2cc(OC)c3c(c2)OCO3)C(C(=O)O)C1CCc1ccncn1. The van der Waals surface area contributed by atoms with Gasteiger partial charge in [0.2, 0.25) is 18.4 Å². The number of aryl methyl sites for hydroxylation is 1. The van der Waals surface area contributed by atoms with Crippen molar-refractivity contribution in [2.24, 2.45) is 5.92 Å². The van der Waals surface area contributed by atoms with Crippen LogP contribution in [0.4, 0.5) is 0 Å². The molecule has 43 heavy (non-hydrogen) atoms. The molecule has 0 bridgehead atoms. The highest BCUT2D eigenvalue weighted by Gasteiger charge is 2.47. The summed E-state index contributed by atoms with van der Waals surface area (Å²) in [5, 5.41) is 10.6. The highest BCUT2D eigenvalue weighted by Crippen LogP contribution is 2.47. The summed E-state index contributed by atoms with van der Waals surface area (Å²) >= 11 is 0. The van der Waals surface area contributed by atoms with Crippen molar-refractivity contribution in [1.82, 2.24) is 19.8 Å². The zero-order valence-corrected chi connectivity index (χ0v) is 26.3. The number of unbranched alkanes of at least 4 members (excludes halogenated alkanes) is 2. The fraction of sp³-hybridized carbons (Fsp3) is 0.625. The number of carboxylic acid groups (broad SMARTS) is 1. The molecule has 0 radical (unpaired) electrons. The van der Waals surface area contributed by atoms with E-state index in [0.717, 1.165) is 48.0 Å². The number of aliphatic carboxylic acids is 1. The third-order valence-electron chi connectivity index (χ3n) is 8.46. The molecule has 1 saturated heterocycles. The number of hydrogen-bond donors (Lipinski definition) is 1. The smallest absolute Gasteiger partial charge is 0.308 e. The van der Waals surface area contributed by atoms with Gasteiger partial charge in [-0.25, -0.2) is 9.97 Å². The van der Waals surface area contributed by atoms with E-state index in [9.17, 15) is 14.7 Å². The highest BCUT2D eigenvalue weighted by atomic mass is 16.7. The first-order valence-electron chi connectivity index (χ1n) is 15.4. The second kappa shape index (κ2) is 14.8. The summed E-state index contributed by atoms with van der Waals surface area (Å²) in [7, 11) is 8.10. The third-order valence-corrected chi connectivity index (χ3v) is 8.46. The number of hydrogen-bond acceptors (Lipinski definition) is 8. The van der Waals surface area contributed by atoms with Gasteiger partial charge in [0.1, 0.15) is 6.33 Å². The lowest BCUT2D eigenvalue weighted by molar-refractivity contribution is -0.870. The number of likely N-dealkylation sites (tertiary alicyclic amines) is 1. The van der Waals surface area contributed by atoms with E-state index < -0.39 is 11.9 Å². The van der Waals surface area contributed by atoms with Gasteiger partial charge in [0.15, 0.2) is 11.5 Å². The van der Waals surface area contributed by atoms with Gasteiger partial charge in [-0.3, -0.25) is 14.5 Å². The minimum Gasteiger partial charge on any atom is -0.493 e. The van der Waals surface area contributed by atoms with Crippen molar-refractivity contribution in [1.29, 1.82) is 0 Å². The van der Waals surface area contributed by atoms with Gasteiger partial charge in [-0.2, -0.15) is 0 Å². The van der Waals surface area contributed by atoms with Gasteiger partial charge in [0.05, 0.1) is 47.3 Å². The molecule has 2 aromatic rings. The molecule has 0 spiro atoms. The zero-order chi connectivity index (χ0) is 31.0. The van der Waals surface area contributed by atoms with Crippen LogP contribution in [0.2, 0.25) is 0 Å². The molecule has 1 amide bonds. The van der Waals surface area contributed by atoms with Crippen LogP contribution in [0.3, 0.4) is 0 Å². The summed E-state index contributed by atoms with van der Waals surface area (Å²) in [5.41, 5.74) is 1.65. The summed E-state index contributed by atoms with van der Waals surface area (Å²) in [6, 6.07) is 5.20. The van der Waals surface area contributed by atoms with Gasteiger partial charge in [-0.15, -0.1) is 0 Å². The van der Waals surface area contributed by atoms with Crippen LogP contribution < -0.4 is 14.2 Å². The Morgan fingerprint density at radius 1 is 1.16 bits per heavy atom. The third kappa shape index (κ3) is 8.57. The molecule has 1 fully saturated rings. The lowest BCUT2D eigenvalue weighted by Crippen LogP contribution is -2.45. The van der Waals surface area contributed by atoms with E-state index in [0.29, 0.717) is 49.7 Å². The van der Waals surface area contributed by atoms with Crippen molar-refractivity contribution in [3.05, 3.63) is 42.0 Å². The average Bonchev–Trinajstić information content (AvgIpc) is 3.60. The summed E-state index contributed by atoms with van der Waals surface area (Å²) in [6.07, 6.45) is 8.27. The fourth-order valence-electron chi connectivity index (χ4n) is 6.19. The molecule has 11 heteroatoms. The second-order valence-corrected chi connectivity index (χ2v) is 12.6. The number of benzene rings is 1. The van der Waals surface area contributed by atoms with E-state index in [-0.39, 0.29) is 31.2 Å². The van der Waals surface area contributed by atoms with E-state index >= 15 is 0 Å². The Morgan fingerprint density at radius 3 is 2.63 bits per heavy atom. The number of quaternary nitrogens is 1. The first-order chi connectivity index (χ1) is 20.6. The Hall–Kier alpha value is -3.44. The summed E-state index contributed by atoms with van der Waals surface area (Å²) in [4.78, 5) is 39.2. The largest absolute Gasteiger partial charge is 0.493 e. The normalized spacial score (nSPS) is 19.9. The molecular weight excluding hydrogens is 550 g/mol. The highest BCUT2D eigenvalue weighted by molar-refractivity contribution is 5.79. The number of carbonyl (C=O) groups excluding carboxylic acids is 1. The molecule has 3 unspecified atom stereocenters. The maximum absolute atomic E-state index is 13.8. The summed E-state index contributed by atoms with van der Waals surface area (Å²) in [5.74, 6) is -0.330. The van der Waals surface area contributed by atoms with Crippen LogP contribution in [0.15, 0.2) is 30.7 Å². The molecule has 11 nitrogen and oxygen atoms in total. The van der Waals surface area contributed by atoms with Gasteiger partial charge in [-0.1, -0.05) is 13.3 Å². The van der Waals surface area contributed by atoms with Crippen molar-refractivity contribution < 1.29 is 33.4 Å². The van der Waals surface area contributed by atoms with Crippen LogP contribution in [0.1, 0.15) is 56.2 Å². The predicted octanol–water partition coefficient (Wildman–Crippen LogP) is 3.43. The number of ether oxygens (including phenoxy) is 3. The quantitative estimate of drug-likeness (QED) is 0.229. The van der Waals surface area contributed by atoms with Gasteiger partial charge in [0, 0.05) is 43.5 Å². The van der Waals surface area contributed by atoms with Gasteiger partial charge >= 0.3 is 5.97 Å². The van der Waals surface area contributed by atoms with Crippen molar-refractivity contribution in [3.8, 4) is 17.2 Å². The number of amides is 1. The molecule has 0 aliphatic carbocycles. The number of aromatic nitrogens is 2. The molecule has 4 rings (SSSR count). The molecule has 236 valence electrons. The first kappa shape index (κ1) is 32.5. The number of nitrogens with zero attached hydrogens (tertiary/aromatic N) is 5. The Kier molecular flexibility index (Phi) is 11.2. The van der Waals surface area contributed by atoms with Crippen LogP contribution >= 0.6 is 0 Å². The van der Waals surface area contributed by atoms with E-state index in [4.69, 9.17) is 14.2 Å². The van der Waals surface area contributed by atoms with Crippen molar-refractivity contribution in [2.75, 3.05) is 67.8 Å². The lowest BCUT2D eigenvalue weighted by atomic mass is 9.83. The fourth-order valence-corrected chi connectivity index (χ4v) is 6.19. The zero-order valence-electron chi connectivity index (χ0n) is 26.3. The summed E-state index contributed by atoms with van der Waals surface area (Å²) in [6.45, 7) is 5.30. The van der Waals surface area contributed by atoms with E-state index in [2.05, 4.69) is 42.9 Å². The molecule has 2 aliphatic rings. The maximum Gasteiger partial charge on any atom is 0.308 e. The first-order valence-corrected chi connectivity index (χ1v) is 15.4. The van der Waals surface area contributed by atoms with Crippen molar-refractivity contribution >= 4 is 11.9 Å². The second-order valence-electron chi connectivity index (χ2n) is 12.6. The number of rotatable bonds is 16. The van der Waals surface area contributed by atoms with Crippen molar-refractivity contribution in [2.45, 2.75) is 57.4 Å². The standard InChI is InChI=1S/C32H47N5O6/c1-6-7-14-35(15-8-9-16-37(2,3)4)29(38)20-36-19-25(23-17-27(41-5)31-28(18-23)42-22-43-31)30(32(39)40)26(36)11-10-24-12-13-33-21-34-24/h12-13,17-18,21,25-26,30H,6-11,14-16,19-20,22H2,1-5H3/p+1. The Balaban J connectivity index is 1.58. The average molecular weight is 599 g/mol. The monoisotopic (exact) mass is 598 g/mol. The van der Waals surface area contributed by atoms with Crippen LogP contribution in [0.25, 0.3) is 0 Å². The van der Waals surface area contributed by atoms with Crippen LogP contribution in [0.5, 0.6) is 17.2 Å². The molecule has 0 saturated carbocycles. The molecule has 1 aromatic carbocycles. The molecule has 1 aromatic heterocycles. The van der Waals surface area contributed by atoms with Gasteiger partial charge in [0.25, 0.3) is 0 Å². The van der Waals surface area contributed by atoms with Crippen LogP contribution in [0, 0.1) is 5.92 Å². The Labute approximate surface area is 255 Å². The van der Waals surface area contributed by atoms with E-state index in [1.165, 1.54) is 6.33 Å². The molecular formula is C32H48N5O6+. The van der Waals surface area contributed by atoms with Crippen LogP contribution in [-0.4, -0.2) is 115 Å². The minimum absolute atomic E-state index is 0.0544. The van der Waals surface area contributed by atoms with E-state index in [1.807, 2.05) is 23.1 Å². The Morgan fingerprint density at radius 2 is 1.95 bits per heavy atom. The van der Waals surface area contributed by atoms with Crippen LogP contribution in [-0.2, 0) is 16.0 Å². The number of carbonyl (C=O) groups is 2. The topological polar surface area (TPSA) is 114 Å². The molecule has 3 heterocycles. The number of fused-ring (bicyclic) bond motifs is 1. The number of methoxy groups -OCH3 is 1. The summed E-state index contributed by atoms with van der Waals surface area (Å²) < 4.78 is 17.7. The van der Waals surface area contributed by atoms with E-state index in [1.54, 1.807) is 13.3 Å². The molecule has 1 N–H and O–H groups in total. The number of carboxylic acids is 1. The van der Waals surface area contributed by atoms with Gasteiger partial charge < -0.3 is 28.7 Å². The molecule has 2 aliphatic heterocycles. The maximum atomic E-state index is 13.8. The predicted molar refractivity (Wildman–Crippen MR) is 162 cm³/mol. The molecule has 3 atom stereocenters. The Bertz CT molecular complexity index is 1220. The van der Waals surface area contributed by atoms with Crippen molar-refractivity contribution in [3.63, 3.8) is 0 Å².